The summed E-state index contributed by atoms with van der Waals surface area (Å²) in [6, 6.07) is 0. The van der Waals surface area contributed by atoms with Crippen LogP contribution in [-0.2, 0) is 6.54 Å². The summed E-state index contributed by atoms with van der Waals surface area (Å²) in [6.45, 7) is 0.276. The highest BCUT2D eigenvalue weighted by Gasteiger charge is 1.98. The Morgan fingerprint density at radius 3 is 3.31 bits per heavy atom. The van der Waals surface area contributed by atoms with Crippen LogP contribution >= 0.6 is 0 Å². The summed E-state index contributed by atoms with van der Waals surface area (Å²) in [5, 5.41) is 3.42. The fourth-order valence-electron chi connectivity index (χ4n) is 1.08. The third kappa shape index (κ3) is 1.43. The normalized spacial score (nSPS) is 9.85. The number of aromatic nitrogens is 3. The van der Waals surface area contributed by atoms with E-state index in [1.807, 2.05) is 10.6 Å². The lowest BCUT2D eigenvalue weighted by Gasteiger charge is -1.86. The van der Waals surface area contributed by atoms with Crippen LogP contribution in [0.3, 0.4) is 0 Å². The molecule has 0 radical (unpaired) electrons. The van der Waals surface area contributed by atoms with E-state index < -0.39 is 0 Å². The van der Waals surface area contributed by atoms with Crippen LogP contribution in [0.1, 0.15) is 5.69 Å². The maximum absolute atomic E-state index is 8.11. The fraction of sp³-hybridized carbons (Fsp3) is 0.143. The maximum atomic E-state index is 8.11. The first-order valence-corrected chi connectivity index (χ1v) is 3.68. The summed E-state index contributed by atoms with van der Waals surface area (Å²) in [4.78, 5) is 10.8. The molecule has 0 aliphatic heterocycles. The SMILES string of the molecule is [N-]=[N+]=NCc1cn2ccncc2n1. The predicted octanol–water partition coefficient (Wildman–Crippen LogP) is 1.54. The van der Waals surface area contributed by atoms with Gasteiger partial charge in [-0.2, -0.15) is 0 Å². The zero-order chi connectivity index (χ0) is 9.10. The van der Waals surface area contributed by atoms with Crippen LogP contribution in [0.25, 0.3) is 16.1 Å². The van der Waals surface area contributed by atoms with Crippen molar-refractivity contribution in [1.82, 2.24) is 14.4 Å². The molecule has 0 aliphatic rings. The van der Waals surface area contributed by atoms with Gasteiger partial charge in [0.2, 0.25) is 0 Å². The van der Waals surface area contributed by atoms with E-state index in [0.29, 0.717) is 0 Å². The molecule has 6 nitrogen and oxygen atoms in total. The first-order chi connectivity index (χ1) is 6.40. The van der Waals surface area contributed by atoms with Gasteiger partial charge in [0.25, 0.3) is 0 Å². The van der Waals surface area contributed by atoms with Crippen LogP contribution in [0, 0.1) is 0 Å². The first kappa shape index (κ1) is 7.57. The Morgan fingerprint density at radius 2 is 2.54 bits per heavy atom. The number of fused-ring (bicyclic) bond motifs is 1. The molecular weight excluding hydrogens is 168 g/mol. The minimum absolute atomic E-state index is 0.276. The molecule has 0 saturated heterocycles. The Kier molecular flexibility index (Phi) is 1.82. The lowest BCUT2D eigenvalue weighted by atomic mass is 10.5. The zero-order valence-electron chi connectivity index (χ0n) is 6.70. The summed E-state index contributed by atoms with van der Waals surface area (Å²) in [7, 11) is 0. The topological polar surface area (TPSA) is 79.0 Å². The van der Waals surface area contributed by atoms with E-state index in [9.17, 15) is 0 Å². The summed E-state index contributed by atoms with van der Waals surface area (Å²) < 4.78 is 1.83. The fourth-order valence-corrected chi connectivity index (χ4v) is 1.08. The summed E-state index contributed by atoms with van der Waals surface area (Å²) in [5.41, 5.74) is 9.61. The van der Waals surface area contributed by atoms with Crippen LogP contribution in [0.4, 0.5) is 0 Å². The van der Waals surface area contributed by atoms with Crippen molar-refractivity contribution < 1.29 is 0 Å². The average molecular weight is 174 g/mol. The number of nitrogens with zero attached hydrogens (tertiary/aromatic N) is 6. The van der Waals surface area contributed by atoms with E-state index >= 15 is 0 Å². The second-order valence-electron chi connectivity index (χ2n) is 2.46. The highest BCUT2D eigenvalue weighted by molar-refractivity contribution is 5.36. The Bertz CT molecular complexity index is 434. The van der Waals surface area contributed by atoms with Crippen molar-refractivity contribution in [2.75, 3.05) is 0 Å². The summed E-state index contributed by atoms with van der Waals surface area (Å²) >= 11 is 0. The third-order valence-corrected chi connectivity index (χ3v) is 1.61. The van der Waals surface area contributed by atoms with Crippen LogP contribution in [0.2, 0.25) is 0 Å². The molecular formula is C7H6N6. The molecule has 64 valence electrons. The second kappa shape index (κ2) is 3.12. The second-order valence-corrected chi connectivity index (χ2v) is 2.46. The molecule has 2 heterocycles. The van der Waals surface area contributed by atoms with Gasteiger partial charge in [0.15, 0.2) is 5.65 Å². The number of azide groups is 1. The number of imidazole rings is 1. The largest absolute Gasteiger partial charge is 0.304 e. The van der Waals surface area contributed by atoms with Crippen molar-refractivity contribution in [1.29, 1.82) is 0 Å². The van der Waals surface area contributed by atoms with Crippen LogP contribution in [0.5, 0.6) is 0 Å². The molecule has 0 N–H and O–H groups in total. The van der Waals surface area contributed by atoms with E-state index in [-0.39, 0.29) is 6.54 Å². The number of hydrogen-bond acceptors (Lipinski definition) is 3. The van der Waals surface area contributed by atoms with Gasteiger partial charge in [0, 0.05) is 23.5 Å². The van der Waals surface area contributed by atoms with Crippen LogP contribution in [-0.4, -0.2) is 14.4 Å². The quantitative estimate of drug-likeness (QED) is 0.393. The standard InChI is InChI=1S/C7H6N6/c8-12-10-3-6-5-13-2-1-9-4-7(13)11-6/h1-2,4-5H,3H2. The van der Waals surface area contributed by atoms with Gasteiger partial charge in [0.05, 0.1) is 18.4 Å². The highest BCUT2D eigenvalue weighted by atomic mass is 15.1. The smallest absolute Gasteiger partial charge is 0.155 e. The Balaban J connectivity index is 2.43. The minimum atomic E-state index is 0.276. The first-order valence-electron chi connectivity index (χ1n) is 3.68. The van der Waals surface area contributed by atoms with Crippen molar-refractivity contribution in [3.63, 3.8) is 0 Å². The lowest BCUT2D eigenvalue weighted by Crippen LogP contribution is -1.81. The van der Waals surface area contributed by atoms with Crippen LogP contribution < -0.4 is 0 Å². The molecule has 0 atom stereocenters. The van der Waals surface area contributed by atoms with Gasteiger partial charge in [-0.1, -0.05) is 5.11 Å². The van der Waals surface area contributed by atoms with Crippen LogP contribution in [0.15, 0.2) is 29.9 Å². The van der Waals surface area contributed by atoms with Crippen molar-refractivity contribution in [2.45, 2.75) is 6.54 Å². The van der Waals surface area contributed by atoms with Crippen molar-refractivity contribution in [3.05, 3.63) is 40.9 Å². The van der Waals surface area contributed by atoms with Gasteiger partial charge in [-0.05, 0) is 5.53 Å². The molecule has 0 aliphatic carbocycles. The molecule has 0 amide bonds. The molecule has 13 heavy (non-hydrogen) atoms. The van der Waals surface area contributed by atoms with Gasteiger partial charge in [-0.15, -0.1) is 0 Å². The molecule has 0 unspecified atom stereocenters. The van der Waals surface area contributed by atoms with Gasteiger partial charge in [0.1, 0.15) is 0 Å². The molecule has 6 heteroatoms. The Morgan fingerprint density at radius 1 is 1.62 bits per heavy atom. The highest BCUT2D eigenvalue weighted by Crippen LogP contribution is 2.03. The number of hydrogen-bond donors (Lipinski definition) is 0. The summed E-state index contributed by atoms with van der Waals surface area (Å²) in [6.07, 6.45) is 6.93. The zero-order valence-corrected chi connectivity index (χ0v) is 6.70. The molecule has 0 aromatic carbocycles. The van der Waals surface area contributed by atoms with Gasteiger partial charge < -0.3 is 4.40 Å². The maximum Gasteiger partial charge on any atom is 0.155 e. The Hall–Kier alpha value is -2.07. The third-order valence-electron chi connectivity index (χ3n) is 1.61. The van der Waals surface area contributed by atoms with Gasteiger partial charge in [-0.25, -0.2) is 4.98 Å². The lowest BCUT2D eigenvalue weighted by molar-refractivity contribution is 0.998. The Labute approximate surface area is 73.5 Å². The van der Waals surface area contributed by atoms with Crippen molar-refractivity contribution in [2.24, 2.45) is 5.11 Å². The molecule has 2 aromatic heterocycles. The summed E-state index contributed by atoms with van der Waals surface area (Å²) in [5.74, 6) is 0. The molecule has 2 aromatic rings. The van der Waals surface area contributed by atoms with Gasteiger partial charge in [-0.3, -0.25) is 4.98 Å². The monoisotopic (exact) mass is 174 g/mol. The van der Waals surface area contributed by atoms with Crippen molar-refractivity contribution >= 4 is 5.65 Å². The van der Waals surface area contributed by atoms with Crippen molar-refractivity contribution in [3.8, 4) is 0 Å². The molecule has 0 spiro atoms. The number of rotatable bonds is 2. The molecule has 0 fully saturated rings. The van der Waals surface area contributed by atoms with E-state index in [1.165, 1.54) is 0 Å². The molecule has 0 saturated carbocycles. The van der Waals surface area contributed by atoms with E-state index in [1.54, 1.807) is 18.6 Å². The van der Waals surface area contributed by atoms with Gasteiger partial charge >= 0.3 is 0 Å². The van der Waals surface area contributed by atoms with E-state index in [4.69, 9.17) is 5.53 Å². The predicted molar refractivity (Wildman–Crippen MR) is 45.8 cm³/mol. The average Bonchev–Trinajstić information content (AvgIpc) is 2.57. The van der Waals surface area contributed by atoms with E-state index in [0.717, 1.165) is 11.3 Å². The molecule has 0 bridgehead atoms. The van der Waals surface area contributed by atoms with E-state index in [2.05, 4.69) is 20.0 Å². The minimum Gasteiger partial charge on any atom is -0.304 e. The molecule has 2 rings (SSSR count).